The Morgan fingerprint density at radius 3 is 2.55 bits per heavy atom. The molecule has 0 spiro atoms. The number of aromatic nitrogens is 3. The minimum Gasteiger partial charge on any atom is -0.476 e. The third-order valence-corrected chi connectivity index (χ3v) is 7.86. The van der Waals surface area contributed by atoms with Gasteiger partial charge in [-0.15, -0.1) is 0 Å². The smallest absolute Gasteiger partial charge is 0.280 e. The number of fused-ring (bicyclic) bond motifs is 1. The monoisotopic (exact) mass is 550 g/mol. The van der Waals surface area contributed by atoms with Crippen molar-refractivity contribution in [3.8, 4) is 5.88 Å². The van der Waals surface area contributed by atoms with Crippen molar-refractivity contribution in [3.63, 3.8) is 0 Å². The number of halogens is 1. The Kier molecular flexibility index (Phi) is 8.94. The van der Waals surface area contributed by atoms with Crippen LogP contribution in [0.1, 0.15) is 75.2 Å². The number of benzene rings is 1. The molecular formula is C30H39FN6O3. The fourth-order valence-electron chi connectivity index (χ4n) is 5.76. The molecule has 1 aliphatic heterocycles. The number of amides is 2. The number of nitrogens with zero attached hydrogens (tertiary/aromatic N) is 4. The summed E-state index contributed by atoms with van der Waals surface area (Å²) in [4.78, 5) is 40.2. The number of hydrogen-bond acceptors (Lipinski definition) is 5. The second kappa shape index (κ2) is 12.8. The third kappa shape index (κ3) is 6.78. The van der Waals surface area contributed by atoms with Gasteiger partial charge in [0.25, 0.3) is 5.91 Å². The van der Waals surface area contributed by atoms with Crippen molar-refractivity contribution in [3.05, 3.63) is 53.5 Å². The number of rotatable bonds is 8. The first-order chi connectivity index (χ1) is 19.4. The maximum Gasteiger partial charge on any atom is 0.280 e. The highest BCUT2D eigenvalue weighted by atomic mass is 19.1. The van der Waals surface area contributed by atoms with Crippen LogP contribution in [-0.4, -0.2) is 63.5 Å². The Morgan fingerprint density at radius 1 is 1.12 bits per heavy atom. The van der Waals surface area contributed by atoms with Crippen LogP contribution in [0.25, 0.3) is 11.0 Å². The van der Waals surface area contributed by atoms with Gasteiger partial charge in [-0.05, 0) is 89.7 Å². The molecule has 9 nitrogen and oxygen atoms in total. The average molecular weight is 551 g/mol. The zero-order valence-corrected chi connectivity index (χ0v) is 23.4. The molecule has 0 bridgehead atoms. The molecule has 0 atom stereocenters. The molecule has 2 N–H and O–H groups in total. The number of H-pyrrole nitrogens is 1. The summed E-state index contributed by atoms with van der Waals surface area (Å²) in [5.74, 6) is -0.271. The fraction of sp³-hybridized carbons (Fsp3) is 0.533. The number of carbonyl (C=O) groups excluding carboxylic acids is 2. The van der Waals surface area contributed by atoms with Gasteiger partial charge in [-0.25, -0.2) is 9.37 Å². The summed E-state index contributed by atoms with van der Waals surface area (Å²) in [7, 11) is 0. The molecule has 0 unspecified atom stereocenters. The van der Waals surface area contributed by atoms with Crippen molar-refractivity contribution in [1.29, 1.82) is 0 Å². The summed E-state index contributed by atoms with van der Waals surface area (Å²) in [6, 6.07) is 7.43. The zero-order valence-electron chi connectivity index (χ0n) is 23.4. The Bertz CT molecular complexity index is 1380. The summed E-state index contributed by atoms with van der Waals surface area (Å²) in [5, 5.41) is 3.03. The van der Waals surface area contributed by atoms with E-state index in [4.69, 9.17) is 4.74 Å². The minimum atomic E-state index is -0.462. The molecule has 1 aromatic carbocycles. The average Bonchev–Trinajstić information content (AvgIpc) is 3.30. The van der Waals surface area contributed by atoms with E-state index in [0.29, 0.717) is 23.7 Å². The van der Waals surface area contributed by atoms with Gasteiger partial charge in [-0.3, -0.25) is 14.5 Å². The lowest BCUT2D eigenvalue weighted by molar-refractivity contribution is -0.126. The molecule has 5 rings (SSSR count). The molecule has 214 valence electrons. The second-order valence-corrected chi connectivity index (χ2v) is 11.2. The lowest BCUT2D eigenvalue weighted by Crippen LogP contribution is -2.38. The van der Waals surface area contributed by atoms with Gasteiger partial charge in [0, 0.05) is 36.2 Å². The van der Waals surface area contributed by atoms with Crippen molar-refractivity contribution in [2.75, 3.05) is 26.2 Å². The van der Waals surface area contributed by atoms with Crippen LogP contribution >= 0.6 is 0 Å². The molecule has 2 aromatic heterocycles. The van der Waals surface area contributed by atoms with Crippen LogP contribution < -0.4 is 15.7 Å². The first kappa shape index (κ1) is 28.0. The maximum absolute atomic E-state index is 13.4. The van der Waals surface area contributed by atoms with E-state index in [9.17, 15) is 14.0 Å². The highest BCUT2D eigenvalue weighted by Gasteiger charge is 2.29. The molecule has 10 heteroatoms. The van der Waals surface area contributed by atoms with Gasteiger partial charge in [0.1, 0.15) is 12.4 Å². The molecule has 2 fully saturated rings. The van der Waals surface area contributed by atoms with Crippen molar-refractivity contribution in [2.24, 2.45) is 10.9 Å². The van der Waals surface area contributed by atoms with Crippen molar-refractivity contribution in [1.82, 2.24) is 24.8 Å². The van der Waals surface area contributed by atoms with Gasteiger partial charge in [0.2, 0.25) is 17.4 Å². The van der Waals surface area contributed by atoms with Crippen LogP contribution in [0.4, 0.5) is 4.39 Å². The van der Waals surface area contributed by atoms with Gasteiger partial charge < -0.3 is 19.6 Å². The summed E-state index contributed by atoms with van der Waals surface area (Å²) >= 11 is 0. The molecule has 2 aliphatic rings. The van der Waals surface area contributed by atoms with Crippen LogP contribution in [0, 0.1) is 11.7 Å². The van der Waals surface area contributed by atoms with E-state index < -0.39 is 11.7 Å². The molecule has 2 amide bonds. The number of likely N-dealkylation sites (tertiary alicyclic amines) is 1. The zero-order chi connectivity index (χ0) is 28.1. The molecule has 0 radical (unpaired) electrons. The van der Waals surface area contributed by atoms with Gasteiger partial charge in [-0.2, -0.15) is 4.99 Å². The SMILES string of the molecule is CC(C)NC(=O)C1CCC(n2/c(=N/C(=O)c3ccc(F)cc3)[nH]c3cnc(OCCN4CCCCC4)cc32)CC1. The van der Waals surface area contributed by atoms with Gasteiger partial charge >= 0.3 is 0 Å². The van der Waals surface area contributed by atoms with E-state index in [1.54, 1.807) is 6.20 Å². The van der Waals surface area contributed by atoms with Crippen LogP contribution in [-0.2, 0) is 4.79 Å². The molecule has 3 heterocycles. The van der Waals surface area contributed by atoms with Crippen LogP contribution in [0.15, 0.2) is 41.5 Å². The third-order valence-electron chi connectivity index (χ3n) is 7.86. The van der Waals surface area contributed by atoms with Gasteiger partial charge in [0.05, 0.1) is 17.2 Å². The lowest BCUT2D eigenvalue weighted by atomic mass is 9.85. The molecule has 1 aliphatic carbocycles. The molecule has 40 heavy (non-hydrogen) atoms. The molecule has 1 saturated carbocycles. The number of piperidine rings is 1. The van der Waals surface area contributed by atoms with Gasteiger partial charge in [-0.1, -0.05) is 6.42 Å². The fourth-order valence-corrected chi connectivity index (χ4v) is 5.76. The summed E-state index contributed by atoms with van der Waals surface area (Å²) in [6.45, 7) is 7.58. The predicted molar refractivity (Wildman–Crippen MR) is 150 cm³/mol. The largest absolute Gasteiger partial charge is 0.476 e. The normalized spacial score (nSPS) is 20.6. The van der Waals surface area contributed by atoms with E-state index in [0.717, 1.165) is 56.4 Å². The van der Waals surface area contributed by atoms with Crippen molar-refractivity contribution < 1.29 is 18.7 Å². The number of aromatic amines is 1. The highest BCUT2D eigenvalue weighted by molar-refractivity contribution is 5.94. The lowest BCUT2D eigenvalue weighted by Gasteiger charge is -2.29. The molecule has 3 aromatic rings. The number of imidazole rings is 1. The highest BCUT2D eigenvalue weighted by Crippen LogP contribution is 2.33. The Balaban J connectivity index is 1.41. The molecular weight excluding hydrogens is 511 g/mol. The quantitative estimate of drug-likeness (QED) is 0.434. The van der Waals surface area contributed by atoms with E-state index >= 15 is 0 Å². The van der Waals surface area contributed by atoms with E-state index in [2.05, 4.69) is 25.2 Å². The number of carbonyl (C=O) groups is 2. The van der Waals surface area contributed by atoms with E-state index in [-0.39, 0.29) is 23.9 Å². The Labute approximate surface area is 233 Å². The summed E-state index contributed by atoms with van der Waals surface area (Å²) < 4.78 is 21.5. The number of nitrogens with one attached hydrogen (secondary N) is 2. The van der Waals surface area contributed by atoms with Crippen molar-refractivity contribution in [2.45, 2.75) is 70.9 Å². The number of hydrogen-bond donors (Lipinski definition) is 2. The van der Waals surface area contributed by atoms with Crippen LogP contribution in [0.2, 0.25) is 0 Å². The van der Waals surface area contributed by atoms with E-state index in [1.165, 1.54) is 43.5 Å². The number of pyridine rings is 1. The Morgan fingerprint density at radius 2 is 1.85 bits per heavy atom. The van der Waals surface area contributed by atoms with Crippen LogP contribution in [0.5, 0.6) is 5.88 Å². The maximum atomic E-state index is 13.4. The standard InChI is InChI=1S/C30H39FN6O3/c1-20(2)33-28(38)22-8-12-24(13-9-22)37-26-18-27(40-17-16-36-14-4-3-5-15-36)32-19-25(26)34-30(37)35-29(39)21-6-10-23(31)11-7-21/h6-7,10-11,18-20,22,24H,3-5,8-9,12-17H2,1-2H3,(H,33,38)(H,34,35,39). The van der Waals surface area contributed by atoms with Crippen molar-refractivity contribution >= 4 is 22.8 Å². The predicted octanol–water partition coefficient (Wildman–Crippen LogP) is 4.37. The topological polar surface area (TPSA) is 105 Å². The van der Waals surface area contributed by atoms with Crippen LogP contribution in [0.3, 0.4) is 0 Å². The number of ether oxygens (including phenoxy) is 1. The van der Waals surface area contributed by atoms with E-state index in [1.807, 2.05) is 24.5 Å². The second-order valence-electron chi connectivity index (χ2n) is 11.2. The van der Waals surface area contributed by atoms with Gasteiger partial charge in [0.15, 0.2) is 0 Å². The Hall–Kier alpha value is -3.53. The first-order valence-corrected chi connectivity index (χ1v) is 14.5. The minimum absolute atomic E-state index is 0.0268. The molecule has 1 saturated heterocycles. The summed E-state index contributed by atoms with van der Waals surface area (Å²) in [6.07, 6.45) is 8.52. The first-order valence-electron chi connectivity index (χ1n) is 14.5. The summed E-state index contributed by atoms with van der Waals surface area (Å²) in [5.41, 5.74) is 2.31.